The normalized spacial score (nSPS) is 14.3. The molecule has 2 aliphatic carbocycles. The molecule has 0 saturated heterocycles. The Labute approximate surface area is 331 Å². The summed E-state index contributed by atoms with van der Waals surface area (Å²) in [6.45, 7) is 16.3. The van der Waals surface area contributed by atoms with Crippen LogP contribution >= 0.6 is 0 Å². The SMILES string of the molecule is Cc1cc2c(cc1-c1ccc3c(c1)C(C)(C)c1cc(C)c(N(c4ccccc4)c4ccccc4)cc1-3)C(C)(C)c1cc(C)c(-c3ccc4ccccc4n3)cc1-2. The molecule has 10 rings (SSSR count). The molecule has 1 aromatic heterocycles. The summed E-state index contributed by atoms with van der Waals surface area (Å²) in [4.78, 5) is 7.49. The second-order valence-corrected chi connectivity index (χ2v) is 17.0. The van der Waals surface area contributed by atoms with Crippen molar-refractivity contribution in [2.75, 3.05) is 4.90 Å². The summed E-state index contributed by atoms with van der Waals surface area (Å²) in [5, 5.41) is 1.17. The number of hydrogen-bond donors (Lipinski definition) is 0. The molecule has 2 aliphatic rings. The number of para-hydroxylation sites is 3. The fourth-order valence-corrected chi connectivity index (χ4v) is 9.71. The van der Waals surface area contributed by atoms with Crippen molar-refractivity contribution in [1.82, 2.24) is 4.98 Å². The van der Waals surface area contributed by atoms with E-state index in [1.807, 2.05) is 0 Å². The Balaban J connectivity index is 1.06. The van der Waals surface area contributed by atoms with E-state index in [0.717, 1.165) is 22.6 Å². The molecule has 0 amide bonds. The van der Waals surface area contributed by atoms with Crippen molar-refractivity contribution in [2.24, 2.45) is 0 Å². The van der Waals surface area contributed by atoms with Gasteiger partial charge in [0.05, 0.1) is 11.2 Å². The fourth-order valence-electron chi connectivity index (χ4n) is 9.71. The molecule has 0 bridgehead atoms. The zero-order valence-corrected chi connectivity index (χ0v) is 33.3. The van der Waals surface area contributed by atoms with Crippen molar-refractivity contribution in [3.8, 4) is 44.6 Å². The fraction of sp³-hybridized carbons (Fsp3) is 0.167. The minimum atomic E-state index is -0.140. The third kappa shape index (κ3) is 5.12. The lowest BCUT2D eigenvalue weighted by Gasteiger charge is -2.29. The second-order valence-electron chi connectivity index (χ2n) is 17.0. The number of anilines is 3. The predicted molar refractivity (Wildman–Crippen MR) is 237 cm³/mol. The molecule has 0 aliphatic heterocycles. The number of fused-ring (bicyclic) bond motifs is 7. The first kappa shape index (κ1) is 34.3. The highest BCUT2D eigenvalue weighted by Gasteiger charge is 2.39. The van der Waals surface area contributed by atoms with Gasteiger partial charge in [-0.25, -0.2) is 4.98 Å². The van der Waals surface area contributed by atoms with E-state index in [1.165, 1.54) is 89.0 Å². The average molecular weight is 723 g/mol. The Morgan fingerprint density at radius 3 is 1.66 bits per heavy atom. The van der Waals surface area contributed by atoms with E-state index < -0.39 is 0 Å². The maximum atomic E-state index is 5.09. The average Bonchev–Trinajstić information content (AvgIpc) is 3.55. The van der Waals surface area contributed by atoms with Crippen molar-refractivity contribution in [1.29, 1.82) is 0 Å². The maximum absolute atomic E-state index is 5.09. The quantitative estimate of drug-likeness (QED) is 0.176. The number of pyridine rings is 1. The number of rotatable bonds is 5. The van der Waals surface area contributed by atoms with Crippen LogP contribution in [0.3, 0.4) is 0 Å². The van der Waals surface area contributed by atoms with Crippen LogP contribution in [-0.4, -0.2) is 4.98 Å². The Morgan fingerprint density at radius 2 is 0.964 bits per heavy atom. The molecule has 2 nitrogen and oxygen atoms in total. The van der Waals surface area contributed by atoms with Crippen LogP contribution < -0.4 is 4.90 Å². The Kier molecular flexibility index (Phi) is 7.57. The first-order chi connectivity index (χ1) is 27.0. The van der Waals surface area contributed by atoms with E-state index in [2.05, 4.69) is 205 Å². The topological polar surface area (TPSA) is 16.1 Å². The lowest BCUT2D eigenvalue weighted by molar-refractivity contribution is 0.659. The Morgan fingerprint density at radius 1 is 0.411 bits per heavy atom. The minimum Gasteiger partial charge on any atom is -0.310 e. The van der Waals surface area contributed by atoms with Gasteiger partial charge in [-0.05, 0) is 154 Å². The molecule has 2 heteroatoms. The molecular formula is C54H46N2. The predicted octanol–water partition coefficient (Wildman–Crippen LogP) is 14.6. The zero-order chi connectivity index (χ0) is 38.5. The molecule has 0 unspecified atom stereocenters. The first-order valence-corrected chi connectivity index (χ1v) is 19.9. The van der Waals surface area contributed by atoms with Gasteiger partial charge < -0.3 is 4.90 Å². The summed E-state index contributed by atoms with van der Waals surface area (Å²) in [6.07, 6.45) is 0. The summed E-state index contributed by atoms with van der Waals surface area (Å²) in [6, 6.07) is 56.0. The van der Waals surface area contributed by atoms with Gasteiger partial charge in [0, 0.05) is 38.8 Å². The molecule has 56 heavy (non-hydrogen) atoms. The molecule has 8 aromatic rings. The molecule has 272 valence electrons. The summed E-state index contributed by atoms with van der Waals surface area (Å²) in [7, 11) is 0. The second kappa shape index (κ2) is 12.4. The third-order valence-electron chi connectivity index (χ3n) is 12.8. The van der Waals surface area contributed by atoms with E-state index in [0.29, 0.717) is 0 Å². The van der Waals surface area contributed by atoms with E-state index in [1.54, 1.807) is 0 Å². The van der Waals surface area contributed by atoms with Crippen LogP contribution in [-0.2, 0) is 10.8 Å². The van der Waals surface area contributed by atoms with Gasteiger partial charge in [0.15, 0.2) is 0 Å². The number of aryl methyl sites for hydroxylation is 3. The molecule has 1 heterocycles. The van der Waals surface area contributed by atoms with Gasteiger partial charge in [-0.3, -0.25) is 0 Å². The van der Waals surface area contributed by atoms with Crippen molar-refractivity contribution in [2.45, 2.75) is 59.3 Å². The number of benzene rings is 7. The highest BCUT2D eigenvalue weighted by molar-refractivity contribution is 5.92. The van der Waals surface area contributed by atoms with Crippen molar-refractivity contribution >= 4 is 28.0 Å². The van der Waals surface area contributed by atoms with Gasteiger partial charge in [0.25, 0.3) is 0 Å². The van der Waals surface area contributed by atoms with Crippen LogP contribution in [0.5, 0.6) is 0 Å². The maximum Gasteiger partial charge on any atom is 0.0712 e. The Hall–Kier alpha value is -6.25. The molecule has 0 radical (unpaired) electrons. The van der Waals surface area contributed by atoms with Crippen LogP contribution in [0.15, 0.2) is 152 Å². The van der Waals surface area contributed by atoms with E-state index in [9.17, 15) is 0 Å². The number of aromatic nitrogens is 1. The highest BCUT2D eigenvalue weighted by Crippen LogP contribution is 2.55. The van der Waals surface area contributed by atoms with Gasteiger partial charge in [0.1, 0.15) is 0 Å². The summed E-state index contributed by atoms with van der Waals surface area (Å²) < 4.78 is 0. The van der Waals surface area contributed by atoms with Crippen LogP contribution in [0, 0.1) is 20.8 Å². The van der Waals surface area contributed by atoms with Gasteiger partial charge >= 0.3 is 0 Å². The summed E-state index contributed by atoms with van der Waals surface area (Å²) in [5.41, 5.74) is 23.8. The van der Waals surface area contributed by atoms with E-state index >= 15 is 0 Å². The first-order valence-electron chi connectivity index (χ1n) is 19.9. The van der Waals surface area contributed by atoms with Crippen LogP contribution in [0.1, 0.15) is 66.6 Å². The zero-order valence-electron chi connectivity index (χ0n) is 33.3. The van der Waals surface area contributed by atoms with E-state index in [4.69, 9.17) is 4.98 Å². The molecule has 0 fully saturated rings. The highest BCUT2D eigenvalue weighted by atomic mass is 15.1. The standard InChI is InChI=1S/C54H46N2/c1-33-26-43-44-30-42(51-25-23-36-16-14-15-21-50(36)55-51)34(2)27-46(44)54(6,7)49(43)31-41(33)37-22-24-40-45-32-52(35(3)28-47(45)53(4,5)48(40)29-37)56(38-17-10-8-11-18-38)39-19-12-9-13-20-39/h8-32H,1-7H3. The smallest absolute Gasteiger partial charge is 0.0712 e. The van der Waals surface area contributed by atoms with Gasteiger partial charge in [0.2, 0.25) is 0 Å². The third-order valence-corrected chi connectivity index (χ3v) is 12.8. The molecule has 7 aromatic carbocycles. The number of hydrogen-bond acceptors (Lipinski definition) is 2. The monoisotopic (exact) mass is 722 g/mol. The minimum absolute atomic E-state index is 0.128. The molecule has 0 atom stereocenters. The van der Waals surface area contributed by atoms with E-state index in [-0.39, 0.29) is 10.8 Å². The van der Waals surface area contributed by atoms with Gasteiger partial charge in [-0.15, -0.1) is 0 Å². The molecule has 0 N–H and O–H groups in total. The van der Waals surface area contributed by atoms with Crippen LogP contribution in [0.4, 0.5) is 17.1 Å². The van der Waals surface area contributed by atoms with Gasteiger partial charge in [-0.2, -0.15) is 0 Å². The van der Waals surface area contributed by atoms with Crippen molar-refractivity contribution in [3.63, 3.8) is 0 Å². The number of nitrogens with zero attached hydrogens (tertiary/aromatic N) is 2. The largest absolute Gasteiger partial charge is 0.310 e. The van der Waals surface area contributed by atoms with Crippen LogP contribution in [0.2, 0.25) is 0 Å². The lowest BCUT2D eigenvalue weighted by Crippen LogP contribution is -2.16. The van der Waals surface area contributed by atoms with Gasteiger partial charge in [-0.1, -0.05) is 119 Å². The molecule has 0 spiro atoms. The van der Waals surface area contributed by atoms with Crippen molar-refractivity contribution < 1.29 is 0 Å². The lowest BCUT2D eigenvalue weighted by atomic mass is 9.79. The van der Waals surface area contributed by atoms with Crippen molar-refractivity contribution in [3.05, 3.63) is 191 Å². The molecule has 0 saturated carbocycles. The Bertz CT molecular complexity index is 2840. The summed E-state index contributed by atoms with van der Waals surface area (Å²) in [5.74, 6) is 0. The summed E-state index contributed by atoms with van der Waals surface area (Å²) >= 11 is 0. The molecular weight excluding hydrogens is 677 g/mol. The van der Waals surface area contributed by atoms with Crippen LogP contribution in [0.25, 0.3) is 55.5 Å².